The van der Waals surface area contributed by atoms with Gasteiger partial charge in [0, 0.05) is 18.4 Å². The van der Waals surface area contributed by atoms with Crippen LogP contribution in [0, 0.1) is 24.1 Å². The van der Waals surface area contributed by atoms with Gasteiger partial charge in [0.2, 0.25) is 0 Å². The fraction of sp³-hybridized carbons (Fsp3) is 0.258. The van der Waals surface area contributed by atoms with Crippen LogP contribution in [0.2, 0.25) is 0 Å². The van der Waals surface area contributed by atoms with Crippen molar-refractivity contribution >= 4 is 22.6 Å². The smallest absolute Gasteiger partial charge is 0.261 e. The summed E-state index contributed by atoms with van der Waals surface area (Å²) in [5, 5.41) is 9.45. The van der Waals surface area contributed by atoms with Crippen molar-refractivity contribution in [1.82, 2.24) is 9.55 Å². The summed E-state index contributed by atoms with van der Waals surface area (Å²) >= 11 is 2.35. The maximum Gasteiger partial charge on any atom is 0.261 e. The fourth-order valence-corrected chi connectivity index (χ4v) is 5.51. The number of aromatic nitrogens is 2. The normalized spacial score (nSPS) is 12.2. The lowest BCUT2D eigenvalue weighted by molar-refractivity contribution is 0.357. The van der Waals surface area contributed by atoms with Crippen molar-refractivity contribution in [2.24, 2.45) is 0 Å². The van der Waals surface area contributed by atoms with Crippen molar-refractivity contribution in [3.63, 3.8) is 0 Å². The van der Waals surface area contributed by atoms with Gasteiger partial charge in [0.1, 0.15) is 17.4 Å². The van der Waals surface area contributed by atoms with Crippen molar-refractivity contribution in [2.45, 2.75) is 39.2 Å². The molecule has 0 saturated heterocycles. The lowest BCUT2D eigenvalue weighted by Gasteiger charge is -2.17. The van der Waals surface area contributed by atoms with Crippen LogP contribution in [0.25, 0.3) is 22.3 Å². The van der Waals surface area contributed by atoms with Gasteiger partial charge in [-0.05, 0) is 70.7 Å². The number of halogens is 2. The molecule has 1 aliphatic heterocycles. The van der Waals surface area contributed by atoms with Crippen LogP contribution in [0.4, 0.5) is 4.39 Å². The summed E-state index contributed by atoms with van der Waals surface area (Å²) in [5.41, 5.74) is 5.13. The highest BCUT2D eigenvalue weighted by atomic mass is 127. The molecule has 0 atom stereocenters. The van der Waals surface area contributed by atoms with Gasteiger partial charge in [-0.2, -0.15) is 5.26 Å². The number of alkyl halides is 1. The van der Waals surface area contributed by atoms with Gasteiger partial charge in [-0.1, -0.05) is 59.0 Å². The number of hydrogen-bond donors (Lipinski definition) is 0. The van der Waals surface area contributed by atoms with E-state index in [9.17, 15) is 10.1 Å². The molecule has 4 aromatic rings. The average molecular weight is 619 g/mol. The van der Waals surface area contributed by atoms with E-state index in [4.69, 9.17) is 9.72 Å². The zero-order valence-electron chi connectivity index (χ0n) is 21.1. The summed E-state index contributed by atoms with van der Waals surface area (Å²) in [4.78, 5) is 18.8. The highest BCUT2D eigenvalue weighted by Gasteiger charge is 2.20. The van der Waals surface area contributed by atoms with Crippen molar-refractivity contribution in [3.8, 4) is 34.1 Å². The molecule has 192 valence electrons. The summed E-state index contributed by atoms with van der Waals surface area (Å²) in [5.74, 6) is 1.11. The first-order chi connectivity index (χ1) is 18.5. The number of hydrogen-bond acceptors (Lipinski definition) is 4. The molecule has 1 aromatic heterocycles. The van der Waals surface area contributed by atoms with E-state index in [1.165, 1.54) is 6.07 Å². The molecule has 0 unspecified atom stereocenters. The average Bonchev–Trinajstić information content (AvgIpc) is 3.40. The van der Waals surface area contributed by atoms with E-state index in [0.29, 0.717) is 52.4 Å². The molecule has 3 aromatic carbocycles. The van der Waals surface area contributed by atoms with Gasteiger partial charge in [-0.3, -0.25) is 9.36 Å². The second-order valence-corrected chi connectivity index (χ2v) is 10.5. The maximum absolute atomic E-state index is 15.4. The van der Waals surface area contributed by atoms with E-state index in [1.54, 1.807) is 34.9 Å². The largest absolute Gasteiger partial charge is 0.493 e. The second kappa shape index (κ2) is 11.5. The molecule has 0 bridgehead atoms. The van der Waals surface area contributed by atoms with Crippen LogP contribution in [0.3, 0.4) is 0 Å². The van der Waals surface area contributed by atoms with Crippen molar-refractivity contribution in [3.05, 3.63) is 105 Å². The van der Waals surface area contributed by atoms with Crippen LogP contribution in [0.5, 0.6) is 5.75 Å². The number of fused-ring (bicyclic) bond motifs is 1. The predicted molar refractivity (Wildman–Crippen MR) is 155 cm³/mol. The van der Waals surface area contributed by atoms with E-state index in [0.717, 1.165) is 40.6 Å². The summed E-state index contributed by atoms with van der Waals surface area (Å²) in [6, 6.07) is 20.1. The summed E-state index contributed by atoms with van der Waals surface area (Å²) < 4.78 is 23.7. The van der Waals surface area contributed by atoms with Gasteiger partial charge >= 0.3 is 0 Å². The molecule has 0 N–H and O–H groups in total. The number of ether oxygens (including phenoxy) is 1. The molecule has 0 amide bonds. The number of rotatable bonds is 8. The Morgan fingerprint density at radius 3 is 2.71 bits per heavy atom. The standard InChI is InChI=1S/C31H27FIN3O2/c1-20-30(23-11-12-28-22(16-23)13-15-38-28)31(37)36(29(35-20)8-4-5-14-33)19-25-10-9-21(17-27(25)32)26-7-3-2-6-24(26)18-34/h2-3,6-7,9-12,16-17H,4-5,8,13-15,19H2,1H3. The molecule has 38 heavy (non-hydrogen) atoms. The zero-order valence-corrected chi connectivity index (χ0v) is 23.3. The van der Waals surface area contributed by atoms with E-state index in [2.05, 4.69) is 28.7 Å². The number of nitriles is 1. The van der Waals surface area contributed by atoms with E-state index in [-0.39, 0.29) is 12.1 Å². The number of nitrogens with zero attached hydrogens (tertiary/aromatic N) is 3. The molecule has 7 heteroatoms. The molecule has 1 aliphatic rings. The Labute approximate surface area is 235 Å². The third kappa shape index (κ3) is 5.23. The lowest BCUT2D eigenvalue weighted by atomic mass is 9.99. The Kier molecular flexibility index (Phi) is 7.89. The first-order valence-electron chi connectivity index (χ1n) is 12.7. The third-order valence-corrected chi connectivity index (χ3v) is 7.69. The lowest BCUT2D eigenvalue weighted by Crippen LogP contribution is -2.29. The minimum Gasteiger partial charge on any atom is -0.493 e. The highest BCUT2D eigenvalue weighted by molar-refractivity contribution is 14.1. The zero-order chi connectivity index (χ0) is 26.6. The van der Waals surface area contributed by atoms with Crippen LogP contribution >= 0.6 is 22.6 Å². The Hall–Kier alpha value is -3.51. The summed E-state index contributed by atoms with van der Waals surface area (Å²) in [6.45, 7) is 2.59. The Bertz CT molecular complexity index is 1610. The molecular weight excluding hydrogens is 592 g/mol. The van der Waals surface area contributed by atoms with E-state index >= 15 is 4.39 Å². The van der Waals surface area contributed by atoms with E-state index in [1.807, 2.05) is 31.2 Å². The van der Waals surface area contributed by atoms with Gasteiger partial charge in [0.05, 0.1) is 36.0 Å². The van der Waals surface area contributed by atoms with E-state index < -0.39 is 5.82 Å². The Balaban J connectivity index is 1.56. The molecule has 0 saturated carbocycles. The van der Waals surface area contributed by atoms with Crippen molar-refractivity contribution in [1.29, 1.82) is 5.26 Å². The number of benzene rings is 3. The van der Waals surface area contributed by atoms with Crippen LogP contribution in [-0.2, 0) is 19.4 Å². The Morgan fingerprint density at radius 2 is 1.92 bits per heavy atom. The highest BCUT2D eigenvalue weighted by Crippen LogP contribution is 2.31. The molecule has 2 heterocycles. The topological polar surface area (TPSA) is 67.9 Å². The maximum atomic E-state index is 15.4. The molecule has 5 nitrogen and oxygen atoms in total. The monoisotopic (exact) mass is 619 g/mol. The van der Waals surface area contributed by atoms with Crippen LogP contribution in [0.15, 0.2) is 65.5 Å². The van der Waals surface area contributed by atoms with Crippen molar-refractivity contribution in [2.75, 3.05) is 11.0 Å². The van der Waals surface area contributed by atoms with Crippen LogP contribution in [0.1, 0.15) is 41.1 Å². The molecule has 5 rings (SSSR count). The number of unbranched alkanes of at least 4 members (excludes halogenated alkanes) is 1. The van der Waals surface area contributed by atoms with Crippen LogP contribution in [-0.4, -0.2) is 20.6 Å². The first kappa shape index (κ1) is 26.1. The number of aryl methyl sites for hydroxylation is 2. The minimum atomic E-state index is -0.419. The quantitative estimate of drug-likeness (QED) is 0.126. The first-order valence-corrected chi connectivity index (χ1v) is 14.2. The summed E-state index contributed by atoms with van der Waals surface area (Å²) in [7, 11) is 0. The summed E-state index contributed by atoms with van der Waals surface area (Å²) in [6.07, 6.45) is 3.37. The second-order valence-electron chi connectivity index (χ2n) is 9.41. The van der Waals surface area contributed by atoms with Gasteiger partial charge < -0.3 is 4.74 Å². The molecule has 0 fully saturated rings. The fourth-order valence-electron chi connectivity index (χ4n) is 4.97. The van der Waals surface area contributed by atoms with Gasteiger partial charge in [0.15, 0.2) is 0 Å². The third-order valence-electron chi connectivity index (χ3n) is 6.93. The Morgan fingerprint density at radius 1 is 1.11 bits per heavy atom. The minimum absolute atomic E-state index is 0.0821. The molecule has 0 spiro atoms. The SMILES string of the molecule is Cc1nc(CCCCI)n(Cc2ccc(-c3ccccc3C#N)cc2F)c(=O)c1-c1ccc2c(c1)CCO2. The molecular formula is C31H27FIN3O2. The molecule has 0 aliphatic carbocycles. The van der Waals surface area contributed by atoms with Gasteiger partial charge in [0.25, 0.3) is 5.56 Å². The molecule has 0 radical (unpaired) electrons. The van der Waals surface area contributed by atoms with Crippen LogP contribution < -0.4 is 10.3 Å². The van der Waals surface area contributed by atoms with Crippen molar-refractivity contribution < 1.29 is 9.13 Å². The predicted octanol–water partition coefficient (Wildman–Crippen LogP) is 6.64. The van der Waals surface area contributed by atoms with Gasteiger partial charge in [-0.15, -0.1) is 0 Å². The van der Waals surface area contributed by atoms with Gasteiger partial charge in [-0.25, -0.2) is 9.37 Å².